The summed E-state index contributed by atoms with van der Waals surface area (Å²) in [5.74, 6) is -2.67. The highest BCUT2D eigenvalue weighted by Gasteiger charge is 2.41. The third-order valence-corrected chi connectivity index (χ3v) is 8.39. The van der Waals surface area contributed by atoms with Gasteiger partial charge < -0.3 is 41.3 Å². The predicted octanol–water partition coefficient (Wildman–Crippen LogP) is 1.76. The van der Waals surface area contributed by atoms with Crippen molar-refractivity contribution in [2.45, 2.75) is 81.6 Å². The lowest BCUT2D eigenvalue weighted by Crippen LogP contribution is -2.59. The highest BCUT2D eigenvalue weighted by atomic mass is 35.5. The molecular weight excluding hydrogens is 604 g/mol. The summed E-state index contributed by atoms with van der Waals surface area (Å²) in [4.78, 5) is 55.5. The molecule has 3 rings (SSSR count). The number of unbranched alkanes of at least 4 members (excludes halogenated alkanes) is 2. The van der Waals surface area contributed by atoms with Crippen LogP contribution in [0.3, 0.4) is 0 Å². The molecule has 0 radical (unpaired) electrons. The van der Waals surface area contributed by atoms with Gasteiger partial charge in [0, 0.05) is 38.4 Å². The minimum absolute atomic E-state index is 0.0106. The summed E-state index contributed by atoms with van der Waals surface area (Å²) < 4.78 is 0. The molecule has 1 heterocycles. The third-order valence-electron chi connectivity index (χ3n) is 8.12. The number of aromatic hydroxyl groups is 2. The summed E-state index contributed by atoms with van der Waals surface area (Å²) in [7, 11) is 1.41. The van der Waals surface area contributed by atoms with Crippen molar-refractivity contribution in [3.63, 3.8) is 0 Å². The number of nitrogens with two attached hydrogens (primary N) is 1. The largest absolute Gasteiger partial charge is 0.508 e. The monoisotopic (exact) mass is 646 g/mol. The first-order valence-corrected chi connectivity index (χ1v) is 15.6. The maximum absolute atomic E-state index is 14.1. The number of amides is 3. The van der Waals surface area contributed by atoms with Crippen LogP contribution >= 0.6 is 11.6 Å². The summed E-state index contributed by atoms with van der Waals surface area (Å²) in [6.07, 6.45) is 1.75. The van der Waals surface area contributed by atoms with E-state index in [9.17, 15) is 39.6 Å². The van der Waals surface area contributed by atoms with Gasteiger partial charge in [-0.15, -0.1) is 11.6 Å². The van der Waals surface area contributed by atoms with E-state index in [1.54, 1.807) is 24.3 Å². The number of carbonyl (C=O) groups excluding carboxylic acids is 3. The Kier molecular flexibility index (Phi) is 13.4. The van der Waals surface area contributed by atoms with Crippen LogP contribution in [0.5, 0.6) is 11.5 Å². The fourth-order valence-electron chi connectivity index (χ4n) is 5.45. The van der Waals surface area contributed by atoms with Crippen molar-refractivity contribution in [2.75, 3.05) is 19.5 Å². The first-order chi connectivity index (χ1) is 21.4. The molecular formula is C32H43ClN4O8. The zero-order chi connectivity index (χ0) is 33.1. The lowest BCUT2D eigenvalue weighted by molar-refractivity contribution is -0.153. The number of phenols is 2. The molecule has 3 amide bonds. The number of carboxylic acid groups (broad SMARTS) is 1. The fraction of sp³-hybridized carbons (Fsp3) is 0.500. The van der Waals surface area contributed by atoms with Crippen LogP contribution in [0.4, 0.5) is 0 Å². The van der Waals surface area contributed by atoms with Gasteiger partial charge in [0.25, 0.3) is 5.91 Å². The van der Waals surface area contributed by atoms with E-state index in [2.05, 4.69) is 5.32 Å². The predicted molar refractivity (Wildman–Crippen MR) is 168 cm³/mol. The first-order valence-electron chi connectivity index (χ1n) is 15.1. The van der Waals surface area contributed by atoms with Gasteiger partial charge in [0.1, 0.15) is 35.7 Å². The van der Waals surface area contributed by atoms with Crippen molar-refractivity contribution in [2.24, 2.45) is 5.73 Å². The van der Waals surface area contributed by atoms with Gasteiger partial charge in [-0.1, -0.05) is 37.1 Å². The second kappa shape index (κ2) is 17.0. The van der Waals surface area contributed by atoms with Crippen molar-refractivity contribution in [1.29, 1.82) is 0 Å². The van der Waals surface area contributed by atoms with Gasteiger partial charge in [0.2, 0.25) is 11.8 Å². The standard InChI is InChI=1S/C32H43ClN4O8/c1-36(27(19-21-10-14-23(39)15-11-21)31(43)37-17-5-7-26(37)32(44)45)30(42)25(18-20-8-12-22(38)13-9-20)35-29(41)28(40)24(34)6-3-2-4-16-33/h8-15,24-28,38-40H,2-7,16-19,34H2,1H3,(H,35,41)(H,44,45). The zero-order valence-electron chi connectivity index (χ0n) is 25.3. The van der Waals surface area contributed by atoms with E-state index in [0.29, 0.717) is 36.3 Å². The number of aliphatic hydroxyl groups excluding tert-OH is 1. The SMILES string of the molecule is CN(C(=O)C(Cc1ccc(O)cc1)NC(=O)C(O)C(N)CCCCCCl)C(Cc1ccc(O)cc1)C(=O)N1CCCC1C(=O)O. The molecule has 7 N–H and O–H groups in total. The lowest BCUT2D eigenvalue weighted by Gasteiger charge is -2.35. The number of nitrogens with zero attached hydrogens (tertiary/aromatic N) is 2. The Morgan fingerprint density at radius 1 is 0.978 bits per heavy atom. The molecule has 1 saturated heterocycles. The molecule has 1 fully saturated rings. The molecule has 5 atom stereocenters. The van der Waals surface area contributed by atoms with Gasteiger partial charge in [0.05, 0.1) is 0 Å². The Morgan fingerprint density at radius 3 is 2.11 bits per heavy atom. The Labute approximate surface area is 267 Å². The van der Waals surface area contributed by atoms with Crippen molar-refractivity contribution in [1.82, 2.24) is 15.1 Å². The fourth-order valence-corrected chi connectivity index (χ4v) is 5.64. The number of halogens is 1. The molecule has 2 aromatic carbocycles. The van der Waals surface area contributed by atoms with Crippen molar-refractivity contribution < 1.29 is 39.6 Å². The number of carboxylic acids is 1. The average Bonchev–Trinajstić information content (AvgIpc) is 3.53. The molecule has 45 heavy (non-hydrogen) atoms. The van der Waals surface area contributed by atoms with E-state index in [-0.39, 0.29) is 37.3 Å². The smallest absolute Gasteiger partial charge is 0.326 e. The van der Waals surface area contributed by atoms with Crippen LogP contribution in [0.25, 0.3) is 0 Å². The van der Waals surface area contributed by atoms with Gasteiger partial charge in [-0.05, 0) is 61.1 Å². The van der Waals surface area contributed by atoms with E-state index in [0.717, 1.165) is 12.8 Å². The molecule has 0 aliphatic carbocycles. The summed E-state index contributed by atoms with van der Waals surface area (Å²) in [6, 6.07) is 7.85. The van der Waals surface area contributed by atoms with E-state index in [1.165, 1.54) is 41.1 Å². The van der Waals surface area contributed by atoms with Crippen LogP contribution < -0.4 is 11.1 Å². The number of aliphatic carboxylic acids is 1. The van der Waals surface area contributed by atoms with Gasteiger partial charge in [-0.2, -0.15) is 0 Å². The number of rotatable bonds is 16. The molecule has 1 aliphatic rings. The topological polar surface area (TPSA) is 194 Å². The number of benzene rings is 2. The van der Waals surface area contributed by atoms with Gasteiger partial charge in [0.15, 0.2) is 0 Å². The Balaban J connectivity index is 1.89. The van der Waals surface area contributed by atoms with Crippen LogP contribution in [0.2, 0.25) is 0 Å². The van der Waals surface area contributed by atoms with E-state index >= 15 is 0 Å². The number of likely N-dealkylation sites (N-methyl/N-ethyl adjacent to an activating group) is 1. The van der Waals surface area contributed by atoms with Crippen LogP contribution in [-0.2, 0) is 32.0 Å². The van der Waals surface area contributed by atoms with Gasteiger partial charge >= 0.3 is 5.97 Å². The maximum atomic E-state index is 14.1. The second-order valence-corrected chi connectivity index (χ2v) is 11.8. The number of hydrogen-bond acceptors (Lipinski definition) is 8. The Morgan fingerprint density at radius 2 is 1.56 bits per heavy atom. The molecule has 13 heteroatoms. The third kappa shape index (κ3) is 10.1. The van der Waals surface area contributed by atoms with Crippen LogP contribution in [0.15, 0.2) is 48.5 Å². The molecule has 5 unspecified atom stereocenters. The Bertz CT molecular complexity index is 1290. The highest BCUT2D eigenvalue weighted by molar-refractivity contribution is 6.17. The number of alkyl halides is 1. The summed E-state index contributed by atoms with van der Waals surface area (Å²) in [5, 5.41) is 42.5. The zero-order valence-corrected chi connectivity index (χ0v) is 26.1. The molecule has 0 aromatic heterocycles. The van der Waals surface area contributed by atoms with Crippen molar-refractivity contribution in [3.05, 3.63) is 59.7 Å². The first kappa shape index (κ1) is 35.6. The number of likely N-dealkylation sites (tertiary alicyclic amines) is 1. The normalized spacial score (nSPS) is 17.2. The van der Waals surface area contributed by atoms with E-state index in [1.807, 2.05) is 0 Å². The summed E-state index contributed by atoms with van der Waals surface area (Å²) in [5.41, 5.74) is 7.30. The van der Waals surface area contributed by atoms with Gasteiger partial charge in [-0.3, -0.25) is 14.4 Å². The number of phenolic OH excluding ortho intramolecular Hbond substituents is 2. The van der Waals surface area contributed by atoms with Crippen LogP contribution in [0.1, 0.15) is 49.7 Å². The van der Waals surface area contributed by atoms with Crippen LogP contribution in [-0.4, -0.2) is 104 Å². The summed E-state index contributed by atoms with van der Waals surface area (Å²) >= 11 is 5.71. The van der Waals surface area contributed by atoms with E-state index in [4.69, 9.17) is 17.3 Å². The molecule has 2 aromatic rings. The molecule has 1 aliphatic heterocycles. The lowest BCUT2D eigenvalue weighted by atomic mass is 9.99. The molecule has 0 saturated carbocycles. The van der Waals surface area contributed by atoms with Crippen molar-refractivity contribution in [3.8, 4) is 11.5 Å². The minimum Gasteiger partial charge on any atom is -0.508 e. The highest BCUT2D eigenvalue weighted by Crippen LogP contribution is 2.23. The molecule has 0 bridgehead atoms. The van der Waals surface area contributed by atoms with E-state index < -0.39 is 54.0 Å². The number of carbonyl (C=O) groups is 4. The van der Waals surface area contributed by atoms with Crippen molar-refractivity contribution >= 4 is 35.3 Å². The Hall–Kier alpha value is -3.87. The van der Waals surface area contributed by atoms with Gasteiger partial charge in [-0.25, -0.2) is 4.79 Å². The molecule has 246 valence electrons. The molecule has 12 nitrogen and oxygen atoms in total. The quantitative estimate of drug-likeness (QED) is 0.116. The maximum Gasteiger partial charge on any atom is 0.326 e. The van der Waals surface area contributed by atoms with Crippen LogP contribution in [0, 0.1) is 0 Å². The number of nitrogens with one attached hydrogen (secondary N) is 1. The number of aliphatic hydroxyl groups is 1. The second-order valence-electron chi connectivity index (χ2n) is 11.4. The average molecular weight is 647 g/mol. The minimum atomic E-state index is -1.60. The molecule has 0 spiro atoms. The summed E-state index contributed by atoms with van der Waals surface area (Å²) in [6.45, 7) is 0.215. The number of hydrogen-bond donors (Lipinski definition) is 6.